The van der Waals surface area contributed by atoms with Crippen LogP contribution in [0.5, 0.6) is 11.5 Å². The first-order chi connectivity index (χ1) is 16.1. The predicted octanol–water partition coefficient (Wildman–Crippen LogP) is 9.58. The number of benzene rings is 2. The predicted molar refractivity (Wildman–Crippen MR) is 174 cm³/mol. The van der Waals surface area contributed by atoms with Crippen molar-refractivity contribution in [3.05, 3.63) is 60.7 Å². The van der Waals surface area contributed by atoms with Crippen LogP contribution in [-0.2, 0) is 23.9 Å². The summed E-state index contributed by atoms with van der Waals surface area (Å²) in [7, 11) is 6.26. The topological polar surface area (TPSA) is 88.1 Å². The van der Waals surface area contributed by atoms with E-state index >= 15 is 0 Å². The van der Waals surface area contributed by atoms with Gasteiger partial charge in [-0.1, -0.05) is 101 Å². The molecule has 0 aromatic heterocycles. The molecule has 0 bridgehead atoms. The Hall–Kier alpha value is -3.19. The third kappa shape index (κ3) is 86.5. The minimum absolute atomic E-state index is 0. The van der Waals surface area contributed by atoms with E-state index in [1.165, 1.54) is 34.8 Å². The number of carbonyl (C=O) groups excluding carboxylic acids is 3. The standard InChI is InChI=1S/C8H8O2.C7H8O.C3H6O2.C3H6O.C2H6O.2C2H6.5CH4/c1-7(9)10-8-5-3-2-4-6-8;1-8-7-5-3-2-4-6-7;1-3(4)5-2;1-3(2)4;1-3-2;2*1-2;;;;;/h2-6H,1H3;2-6H,1H3;1-2H3;1-2H3;1-2H3;2*1-2H3;5*1H4. The van der Waals surface area contributed by atoms with Gasteiger partial charge in [0.2, 0.25) is 0 Å². The quantitative estimate of drug-likeness (QED) is 0.266. The summed E-state index contributed by atoms with van der Waals surface area (Å²) in [5.41, 5.74) is 0. The molecule has 236 valence electrons. The average Bonchev–Trinajstić information content (AvgIpc) is 2.83. The number of hydrogen-bond acceptors (Lipinski definition) is 7. The van der Waals surface area contributed by atoms with Crippen molar-refractivity contribution in [2.45, 2.75) is 92.5 Å². The Labute approximate surface area is 244 Å². The molecule has 0 heterocycles. The zero-order chi connectivity index (χ0) is 27.8. The Morgan fingerprint density at radius 3 is 0.897 bits per heavy atom. The number of Topliss-reactive ketones (excluding diaryl/α,β-unsaturated/α-hetero) is 1. The summed E-state index contributed by atoms with van der Waals surface area (Å²) in [6, 6.07) is 18.7. The molecule has 0 radical (unpaired) electrons. The van der Waals surface area contributed by atoms with E-state index in [1.54, 1.807) is 33.5 Å². The second-order valence-electron chi connectivity index (χ2n) is 5.44. The van der Waals surface area contributed by atoms with E-state index in [1.807, 2.05) is 76.2 Å². The van der Waals surface area contributed by atoms with Gasteiger partial charge in [0, 0.05) is 28.1 Å². The Kier molecular flexibility index (Phi) is 99.8. The highest BCUT2D eigenvalue weighted by Crippen LogP contribution is 2.07. The second kappa shape index (κ2) is 59.7. The van der Waals surface area contributed by atoms with Crippen LogP contribution in [0.3, 0.4) is 0 Å². The molecule has 0 unspecified atom stereocenters. The first-order valence-corrected chi connectivity index (χ1v) is 10.9. The smallest absolute Gasteiger partial charge is 0.308 e. The van der Waals surface area contributed by atoms with Gasteiger partial charge >= 0.3 is 11.9 Å². The highest BCUT2D eigenvalue weighted by molar-refractivity contribution is 5.72. The van der Waals surface area contributed by atoms with Gasteiger partial charge in [-0.15, -0.1) is 0 Å². The van der Waals surface area contributed by atoms with Gasteiger partial charge in [-0.2, -0.15) is 0 Å². The highest BCUT2D eigenvalue weighted by Gasteiger charge is 1.93. The van der Waals surface area contributed by atoms with E-state index in [2.05, 4.69) is 9.47 Å². The van der Waals surface area contributed by atoms with Crippen molar-refractivity contribution in [3.8, 4) is 11.5 Å². The molecule has 7 nitrogen and oxygen atoms in total. The van der Waals surface area contributed by atoms with Gasteiger partial charge in [0.05, 0.1) is 14.2 Å². The Morgan fingerprint density at radius 1 is 0.513 bits per heavy atom. The Morgan fingerprint density at radius 2 is 0.744 bits per heavy atom. The lowest BCUT2D eigenvalue weighted by molar-refractivity contribution is -0.138. The van der Waals surface area contributed by atoms with Gasteiger partial charge in [-0.3, -0.25) is 9.59 Å². The fraction of sp³-hybridized carbons (Fsp3) is 0.531. The van der Waals surface area contributed by atoms with Gasteiger partial charge in [0.1, 0.15) is 17.3 Å². The summed E-state index contributed by atoms with van der Waals surface area (Å²) < 4.78 is 18.1. The molecular formula is C32H66O7. The van der Waals surface area contributed by atoms with E-state index in [-0.39, 0.29) is 54.9 Å². The van der Waals surface area contributed by atoms with Crippen LogP contribution in [0, 0.1) is 0 Å². The van der Waals surface area contributed by atoms with Crippen molar-refractivity contribution >= 4 is 17.7 Å². The highest BCUT2D eigenvalue weighted by atomic mass is 16.5. The SMILES string of the molecule is C.C.C.C.C.CC.CC.CC(=O)Oc1ccccc1.CC(C)=O.COC.COC(C)=O.COc1ccccc1. The van der Waals surface area contributed by atoms with Crippen LogP contribution in [0.1, 0.15) is 92.5 Å². The van der Waals surface area contributed by atoms with Crippen molar-refractivity contribution in [3.63, 3.8) is 0 Å². The molecule has 0 aliphatic carbocycles. The maximum atomic E-state index is 10.4. The molecule has 0 aliphatic rings. The fourth-order valence-corrected chi connectivity index (χ4v) is 1.21. The monoisotopic (exact) mass is 562 g/mol. The molecule has 0 amide bonds. The van der Waals surface area contributed by atoms with Crippen LogP contribution in [0.15, 0.2) is 60.7 Å². The maximum Gasteiger partial charge on any atom is 0.308 e. The number of hydrogen-bond donors (Lipinski definition) is 0. The van der Waals surface area contributed by atoms with Crippen molar-refractivity contribution in [2.24, 2.45) is 0 Å². The fourth-order valence-electron chi connectivity index (χ4n) is 1.21. The zero-order valence-electron chi connectivity index (χ0n) is 23.1. The lowest BCUT2D eigenvalue weighted by Crippen LogP contribution is -2.00. The van der Waals surface area contributed by atoms with Crippen LogP contribution in [0.25, 0.3) is 0 Å². The summed E-state index contributed by atoms with van der Waals surface area (Å²) in [6.45, 7) is 13.8. The molecular weight excluding hydrogens is 496 g/mol. The molecule has 0 saturated carbocycles. The zero-order valence-corrected chi connectivity index (χ0v) is 23.1. The number of para-hydroxylation sites is 2. The largest absolute Gasteiger partial charge is 0.497 e. The maximum absolute atomic E-state index is 10.4. The summed E-state index contributed by atoms with van der Waals surface area (Å²) in [5.74, 6) is 1.14. The van der Waals surface area contributed by atoms with Crippen LogP contribution in [0.4, 0.5) is 0 Å². The molecule has 0 atom stereocenters. The molecule has 2 aromatic rings. The van der Waals surface area contributed by atoms with Crippen molar-refractivity contribution < 1.29 is 33.3 Å². The minimum atomic E-state index is -0.286. The van der Waals surface area contributed by atoms with Gasteiger partial charge in [0.25, 0.3) is 0 Å². The van der Waals surface area contributed by atoms with E-state index in [0.29, 0.717) is 5.75 Å². The van der Waals surface area contributed by atoms with Crippen LogP contribution < -0.4 is 9.47 Å². The van der Waals surface area contributed by atoms with E-state index in [9.17, 15) is 14.4 Å². The average molecular weight is 563 g/mol. The van der Waals surface area contributed by atoms with Crippen molar-refractivity contribution in [2.75, 3.05) is 28.4 Å². The normalized spacial score (nSPS) is 6.36. The first-order valence-electron chi connectivity index (χ1n) is 10.9. The van der Waals surface area contributed by atoms with Gasteiger partial charge in [0.15, 0.2) is 0 Å². The van der Waals surface area contributed by atoms with Gasteiger partial charge < -0.3 is 23.7 Å². The molecule has 0 fully saturated rings. The minimum Gasteiger partial charge on any atom is -0.497 e. The lowest BCUT2D eigenvalue weighted by atomic mass is 10.3. The first kappa shape index (κ1) is 65.1. The van der Waals surface area contributed by atoms with E-state index in [4.69, 9.17) is 9.47 Å². The third-order valence-electron chi connectivity index (χ3n) is 2.27. The molecule has 2 aromatic carbocycles. The third-order valence-corrected chi connectivity index (χ3v) is 2.27. The number of methoxy groups -OCH3 is 3. The molecule has 0 saturated heterocycles. The number of ketones is 1. The molecule has 2 rings (SSSR count). The van der Waals surface area contributed by atoms with E-state index in [0.717, 1.165) is 5.75 Å². The van der Waals surface area contributed by atoms with Crippen molar-refractivity contribution in [1.82, 2.24) is 0 Å². The summed E-state index contributed by atoms with van der Waals surface area (Å²) in [5, 5.41) is 0. The van der Waals surface area contributed by atoms with E-state index < -0.39 is 0 Å². The number of rotatable bonds is 2. The number of ether oxygens (including phenoxy) is 4. The molecule has 39 heavy (non-hydrogen) atoms. The molecule has 0 spiro atoms. The molecule has 0 N–H and O–H groups in total. The summed E-state index contributed by atoms with van der Waals surface area (Å²) in [4.78, 5) is 29.4. The van der Waals surface area contributed by atoms with Crippen LogP contribution in [0.2, 0.25) is 0 Å². The number of carbonyl (C=O) groups is 3. The number of esters is 2. The Balaban J connectivity index is -0.0000000332. The molecule has 7 heteroatoms. The van der Waals surface area contributed by atoms with Gasteiger partial charge in [-0.25, -0.2) is 0 Å². The lowest BCUT2D eigenvalue weighted by Gasteiger charge is -1.97. The van der Waals surface area contributed by atoms with Crippen LogP contribution in [-0.4, -0.2) is 46.2 Å². The summed E-state index contributed by atoms with van der Waals surface area (Å²) in [6.07, 6.45) is 0. The Bertz CT molecular complexity index is 655. The van der Waals surface area contributed by atoms with Crippen molar-refractivity contribution in [1.29, 1.82) is 0 Å². The summed E-state index contributed by atoms with van der Waals surface area (Å²) >= 11 is 0. The second-order valence-corrected chi connectivity index (χ2v) is 5.44. The van der Waals surface area contributed by atoms with Gasteiger partial charge in [-0.05, 0) is 38.1 Å². The molecule has 0 aliphatic heterocycles. The van der Waals surface area contributed by atoms with Crippen LogP contribution >= 0.6 is 0 Å².